The van der Waals surface area contributed by atoms with Gasteiger partial charge in [-0.2, -0.15) is 0 Å². The van der Waals surface area contributed by atoms with Gasteiger partial charge in [-0.15, -0.1) is 0 Å². The van der Waals surface area contributed by atoms with Crippen molar-refractivity contribution in [2.45, 2.75) is 57.5 Å². The van der Waals surface area contributed by atoms with Crippen LogP contribution in [0.3, 0.4) is 0 Å². The zero-order valence-electron chi connectivity index (χ0n) is 13.3. The lowest BCUT2D eigenvalue weighted by Gasteiger charge is -2.42. The highest BCUT2D eigenvalue weighted by molar-refractivity contribution is 5.94. The van der Waals surface area contributed by atoms with E-state index in [9.17, 15) is 9.59 Å². The van der Waals surface area contributed by atoms with Gasteiger partial charge in [-0.05, 0) is 44.6 Å². The fourth-order valence-electron chi connectivity index (χ4n) is 3.68. The standard InChI is InChI=1S/C17H25N3O2/c1-13(21)20(15-4-2-5-15)16-6-3-10-19(11-8-16)17(22)14-7-9-18-12-14/h7,9,12,15-16,18H,2-6,8,10-11H2,1H3/t16-/m1/s1. The number of nitrogens with zero attached hydrogens (tertiary/aromatic N) is 2. The van der Waals surface area contributed by atoms with E-state index in [0.29, 0.717) is 12.1 Å². The highest BCUT2D eigenvalue weighted by Crippen LogP contribution is 2.30. The van der Waals surface area contributed by atoms with Gasteiger partial charge >= 0.3 is 0 Å². The lowest BCUT2D eigenvalue weighted by molar-refractivity contribution is -0.136. The van der Waals surface area contributed by atoms with Crippen LogP contribution in [-0.2, 0) is 4.79 Å². The summed E-state index contributed by atoms with van der Waals surface area (Å²) in [5.41, 5.74) is 0.723. The van der Waals surface area contributed by atoms with E-state index in [-0.39, 0.29) is 11.8 Å². The van der Waals surface area contributed by atoms with Crippen molar-refractivity contribution >= 4 is 11.8 Å². The molecule has 0 bridgehead atoms. The molecular weight excluding hydrogens is 278 g/mol. The normalized spacial score (nSPS) is 22.8. The zero-order chi connectivity index (χ0) is 15.5. The average molecular weight is 303 g/mol. The molecule has 1 aliphatic heterocycles. The Labute approximate surface area is 131 Å². The minimum absolute atomic E-state index is 0.0971. The first-order valence-corrected chi connectivity index (χ1v) is 8.38. The van der Waals surface area contributed by atoms with Gasteiger partial charge < -0.3 is 14.8 Å². The minimum atomic E-state index is 0.0971. The van der Waals surface area contributed by atoms with E-state index in [4.69, 9.17) is 0 Å². The van der Waals surface area contributed by atoms with E-state index >= 15 is 0 Å². The molecule has 1 N–H and O–H groups in total. The molecule has 120 valence electrons. The zero-order valence-corrected chi connectivity index (χ0v) is 13.3. The Kier molecular flexibility index (Phi) is 4.50. The van der Waals surface area contributed by atoms with Gasteiger partial charge in [0, 0.05) is 44.5 Å². The van der Waals surface area contributed by atoms with Crippen molar-refractivity contribution in [3.05, 3.63) is 24.0 Å². The monoisotopic (exact) mass is 303 g/mol. The molecule has 3 rings (SSSR count). The Morgan fingerprint density at radius 3 is 2.45 bits per heavy atom. The highest BCUT2D eigenvalue weighted by atomic mass is 16.2. The number of H-pyrrole nitrogens is 1. The molecule has 0 aromatic carbocycles. The number of nitrogens with one attached hydrogen (secondary N) is 1. The molecular formula is C17H25N3O2. The number of hydrogen-bond acceptors (Lipinski definition) is 2. The summed E-state index contributed by atoms with van der Waals surface area (Å²) >= 11 is 0. The molecule has 1 aromatic rings. The molecule has 22 heavy (non-hydrogen) atoms. The molecule has 5 nitrogen and oxygen atoms in total. The molecule has 1 saturated carbocycles. The van der Waals surface area contributed by atoms with Crippen molar-refractivity contribution in [2.24, 2.45) is 0 Å². The predicted molar refractivity (Wildman–Crippen MR) is 84.5 cm³/mol. The van der Waals surface area contributed by atoms with E-state index in [0.717, 1.165) is 50.8 Å². The number of hydrogen-bond donors (Lipinski definition) is 1. The van der Waals surface area contributed by atoms with Gasteiger partial charge in [-0.25, -0.2) is 0 Å². The maximum absolute atomic E-state index is 12.5. The molecule has 1 saturated heterocycles. The molecule has 1 aromatic heterocycles. The number of carbonyl (C=O) groups excluding carboxylic acids is 2. The van der Waals surface area contributed by atoms with Crippen LogP contribution in [0.2, 0.25) is 0 Å². The molecule has 0 unspecified atom stereocenters. The second kappa shape index (κ2) is 6.55. The second-order valence-electron chi connectivity index (χ2n) is 6.49. The first kappa shape index (κ1) is 15.1. The largest absolute Gasteiger partial charge is 0.367 e. The molecule has 1 atom stereocenters. The van der Waals surface area contributed by atoms with Crippen molar-refractivity contribution < 1.29 is 9.59 Å². The van der Waals surface area contributed by atoms with Crippen molar-refractivity contribution in [1.82, 2.24) is 14.8 Å². The Morgan fingerprint density at radius 1 is 1.14 bits per heavy atom. The molecule has 0 radical (unpaired) electrons. The van der Waals surface area contributed by atoms with Gasteiger partial charge in [0.1, 0.15) is 0 Å². The number of aromatic amines is 1. The van der Waals surface area contributed by atoms with E-state index in [2.05, 4.69) is 9.88 Å². The van der Waals surface area contributed by atoms with E-state index in [1.54, 1.807) is 19.3 Å². The summed E-state index contributed by atoms with van der Waals surface area (Å²) < 4.78 is 0. The van der Waals surface area contributed by atoms with Gasteiger partial charge in [-0.3, -0.25) is 9.59 Å². The third kappa shape index (κ3) is 3.03. The van der Waals surface area contributed by atoms with Gasteiger partial charge in [0.05, 0.1) is 5.56 Å². The fraction of sp³-hybridized carbons (Fsp3) is 0.647. The number of amides is 2. The fourth-order valence-corrected chi connectivity index (χ4v) is 3.68. The summed E-state index contributed by atoms with van der Waals surface area (Å²) in [6.07, 6.45) is 9.92. The summed E-state index contributed by atoms with van der Waals surface area (Å²) in [7, 11) is 0. The third-order valence-corrected chi connectivity index (χ3v) is 5.05. The van der Waals surface area contributed by atoms with E-state index in [1.807, 2.05) is 11.0 Å². The van der Waals surface area contributed by atoms with E-state index < -0.39 is 0 Å². The molecule has 2 fully saturated rings. The first-order valence-electron chi connectivity index (χ1n) is 8.38. The van der Waals surface area contributed by atoms with Crippen LogP contribution in [-0.4, -0.2) is 51.8 Å². The van der Waals surface area contributed by atoms with Crippen LogP contribution in [0.5, 0.6) is 0 Å². The molecule has 5 heteroatoms. The molecule has 2 heterocycles. The predicted octanol–water partition coefficient (Wildman–Crippen LogP) is 2.41. The summed E-state index contributed by atoms with van der Waals surface area (Å²) in [5.74, 6) is 0.292. The Bertz CT molecular complexity index is 522. The lowest BCUT2D eigenvalue weighted by atomic mass is 9.89. The van der Waals surface area contributed by atoms with Crippen LogP contribution < -0.4 is 0 Å². The maximum Gasteiger partial charge on any atom is 0.255 e. The van der Waals surface area contributed by atoms with Gasteiger partial charge in [0.15, 0.2) is 0 Å². The summed E-state index contributed by atoms with van der Waals surface area (Å²) in [6.45, 7) is 3.22. The molecule has 2 aliphatic rings. The van der Waals surface area contributed by atoms with Crippen LogP contribution in [0.4, 0.5) is 0 Å². The van der Waals surface area contributed by atoms with Crippen molar-refractivity contribution in [2.75, 3.05) is 13.1 Å². The second-order valence-corrected chi connectivity index (χ2v) is 6.49. The topological polar surface area (TPSA) is 56.4 Å². The third-order valence-electron chi connectivity index (χ3n) is 5.05. The minimum Gasteiger partial charge on any atom is -0.367 e. The first-order chi connectivity index (χ1) is 10.7. The SMILES string of the molecule is CC(=O)N(C1CCC1)[C@@H]1CCCN(C(=O)c2cc[nH]c2)CC1. The van der Waals surface area contributed by atoms with Crippen LogP contribution in [0.1, 0.15) is 55.8 Å². The van der Waals surface area contributed by atoms with Crippen molar-refractivity contribution in [3.8, 4) is 0 Å². The number of rotatable bonds is 3. The number of aromatic nitrogens is 1. The summed E-state index contributed by atoms with van der Waals surface area (Å²) in [6, 6.07) is 2.56. The quantitative estimate of drug-likeness (QED) is 0.932. The molecule has 1 aliphatic carbocycles. The average Bonchev–Trinajstić information content (AvgIpc) is 2.87. The summed E-state index contributed by atoms with van der Waals surface area (Å²) in [5, 5.41) is 0. The number of carbonyl (C=O) groups is 2. The summed E-state index contributed by atoms with van der Waals surface area (Å²) in [4.78, 5) is 31.5. The smallest absolute Gasteiger partial charge is 0.255 e. The van der Waals surface area contributed by atoms with Crippen molar-refractivity contribution in [3.63, 3.8) is 0 Å². The highest BCUT2D eigenvalue weighted by Gasteiger charge is 2.33. The Morgan fingerprint density at radius 2 is 1.86 bits per heavy atom. The lowest BCUT2D eigenvalue weighted by Crippen LogP contribution is -2.49. The number of likely N-dealkylation sites (tertiary alicyclic amines) is 1. The van der Waals surface area contributed by atoms with Gasteiger partial charge in [0.2, 0.25) is 5.91 Å². The molecule has 0 spiro atoms. The van der Waals surface area contributed by atoms with Crippen LogP contribution in [0.25, 0.3) is 0 Å². The Hall–Kier alpha value is -1.78. The van der Waals surface area contributed by atoms with E-state index in [1.165, 1.54) is 6.42 Å². The van der Waals surface area contributed by atoms with Crippen molar-refractivity contribution in [1.29, 1.82) is 0 Å². The maximum atomic E-state index is 12.5. The molecule has 2 amide bonds. The van der Waals surface area contributed by atoms with Crippen LogP contribution in [0.15, 0.2) is 18.5 Å². The Balaban J connectivity index is 1.64. The van der Waals surface area contributed by atoms with Gasteiger partial charge in [-0.1, -0.05) is 0 Å². The van der Waals surface area contributed by atoms with Gasteiger partial charge in [0.25, 0.3) is 5.91 Å². The van der Waals surface area contributed by atoms with Crippen LogP contribution >= 0.6 is 0 Å². The van der Waals surface area contributed by atoms with Crippen LogP contribution in [0, 0.1) is 0 Å².